The number of aryl methyl sites for hydroxylation is 1. The molecule has 1 heterocycles. The highest BCUT2D eigenvalue weighted by Crippen LogP contribution is 2.26. The number of hydrogen-bond acceptors (Lipinski definition) is 6. The van der Waals surface area contributed by atoms with Crippen molar-refractivity contribution in [1.82, 2.24) is 15.0 Å². The Morgan fingerprint density at radius 1 is 1.10 bits per heavy atom. The molecule has 0 atom stereocenters. The molecule has 0 spiro atoms. The van der Waals surface area contributed by atoms with Crippen LogP contribution in [0.25, 0.3) is 0 Å². The van der Waals surface area contributed by atoms with Gasteiger partial charge in [0.05, 0.1) is 0 Å². The second kappa shape index (κ2) is 7.26. The lowest BCUT2D eigenvalue weighted by molar-refractivity contribution is 0.852. The van der Waals surface area contributed by atoms with E-state index in [-0.39, 0.29) is 0 Å². The molecule has 0 aliphatic heterocycles. The maximum atomic E-state index is 4.49. The van der Waals surface area contributed by atoms with Gasteiger partial charge < -0.3 is 10.2 Å². The van der Waals surface area contributed by atoms with E-state index in [0.717, 1.165) is 17.9 Å². The van der Waals surface area contributed by atoms with Crippen molar-refractivity contribution in [2.45, 2.75) is 30.3 Å². The lowest BCUT2D eigenvalue weighted by Crippen LogP contribution is -2.16. The van der Waals surface area contributed by atoms with Gasteiger partial charge in [-0.1, -0.05) is 24.6 Å². The molecule has 1 N–H and O–H groups in total. The monoisotopic (exact) mass is 303 g/mol. The molecule has 0 amide bonds. The third-order valence-electron chi connectivity index (χ3n) is 2.77. The first-order valence-corrected chi connectivity index (χ1v) is 7.82. The van der Waals surface area contributed by atoms with Gasteiger partial charge in [0.2, 0.25) is 11.9 Å². The molecule has 0 saturated carbocycles. The summed E-state index contributed by atoms with van der Waals surface area (Å²) in [7, 11) is 3.86. The van der Waals surface area contributed by atoms with Crippen LogP contribution in [-0.4, -0.2) is 35.6 Å². The van der Waals surface area contributed by atoms with Crippen LogP contribution in [0.2, 0.25) is 0 Å². The van der Waals surface area contributed by atoms with E-state index in [2.05, 4.69) is 58.4 Å². The average molecular weight is 303 g/mol. The van der Waals surface area contributed by atoms with Crippen LogP contribution in [0.3, 0.4) is 0 Å². The summed E-state index contributed by atoms with van der Waals surface area (Å²) in [6.45, 7) is 5.04. The Morgan fingerprint density at radius 3 is 2.43 bits per heavy atom. The van der Waals surface area contributed by atoms with Gasteiger partial charge in [0, 0.05) is 25.5 Å². The molecular formula is C15H21N5S. The summed E-state index contributed by atoms with van der Waals surface area (Å²) in [6, 6.07) is 8.34. The Bertz CT molecular complexity index is 583. The van der Waals surface area contributed by atoms with Crippen molar-refractivity contribution in [2.24, 2.45) is 0 Å². The maximum absolute atomic E-state index is 4.49. The fourth-order valence-electron chi connectivity index (χ4n) is 1.62. The summed E-state index contributed by atoms with van der Waals surface area (Å²) < 4.78 is 0. The number of aromatic nitrogens is 3. The van der Waals surface area contributed by atoms with Crippen LogP contribution in [-0.2, 0) is 0 Å². The highest BCUT2D eigenvalue weighted by Gasteiger charge is 2.09. The SMILES string of the molecule is CCCNc1nc(Sc2ccc(C)cc2)nc(N(C)C)n1. The molecule has 0 aliphatic rings. The topological polar surface area (TPSA) is 53.9 Å². The highest BCUT2D eigenvalue weighted by molar-refractivity contribution is 7.99. The Labute approximate surface area is 130 Å². The van der Waals surface area contributed by atoms with Gasteiger partial charge in [-0.05, 0) is 37.2 Å². The normalized spacial score (nSPS) is 10.5. The summed E-state index contributed by atoms with van der Waals surface area (Å²) >= 11 is 1.55. The van der Waals surface area contributed by atoms with Gasteiger partial charge in [-0.2, -0.15) is 15.0 Å². The number of hydrogen-bond donors (Lipinski definition) is 1. The standard InChI is InChI=1S/C15H21N5S/c1-5-10-16-13-17-14(20(3)4)19-15(18-13)21-12-8-6-11(2)7-9-12/h6-9H,5,10H2,1-4H3,(H,16,17,18,19). The first-order valence-electron chi connectivity index (χ1n) is 7.00. The summed E-state index contributed by atoms with van der Waals surface area (Å²) in [5, 5.41) is 3.93. The molecule has 5 nitrogen and oxygen atoms in total. The smallest absolute Gasteiger partial charge is 0.230 e. The number of nitrogens with one attached hydrogen (secondary N) is 1. The summed E-state index contributed by atoms with van der Waals surface area (Å²) in [6.07, 6.45) is 1.03. The van der Waals surface area contributed by atoms with Crippen molar-refractivity contribution >= 4 is 23.7 Å². The van der Waals surface area contributed by atoms with Crippen molar-refractivity contribution in [2.75, 3.05) is 30.9 Å². The predicted octanol–water partition coefficient (Wildman–Crippen LogP) is 3.22. The van der Waals surface area contributed by atoms with E-state index in [9.17, 15) is 0 Å². The zero-order valence-electron chi connectivity index (χ0n) is 12.9. The molecule has 0 saturated heterocycles. The van der Waals surface area contributed by atoms with E-state index in [1.165, 1.54) is 5.56 Å². The third-order valence-corrected chi connectivity index (χ3v) is 3.64. The first-order chi connectivity index (χ1) is 10.1. The van der Waals surface area contributed by atoms with Gasteiger partial charge >= 0.3 is 0 Å². The molecule has 0 fully saturated rings. The molecule has 6 heteroatoms. The van der Waals surface area contributed by atoms with Gasteiger partial charge in [0.15, 0.2) is 5.16 Å². The van der Waals surface area contributed by atoms with Gasteiger partial charge in [0.25, 0.3) is 0 Å². The van der Waals surface area contributed by atoms with Crippen LogP contribution >= 0.6 is 11.8 Å². The molecule has 0 unspecified atom stereocenters. The Kier molecular flexibility index (Phi) is 5.38. The molecule has 0 radical (unpaired) electrons. The zero-order valence-corrected chi connectivity index (χ0v) is 13.7. The second-order valence-corrected chi connectivity index (χ2v) is 6.02. The van der Waals surface area contributed by atoms with Crippen LogP contribution in [0.15, 0.2) is 34.3 Å². The van der Waals surface area contributed by atoms with Gasteiger partial charge in [-0.3, -0.25) is 0 Å². The molecular weight excluding hydrogens is 282 g/mol. The summed E-state index contributed by atoms with van der Waals surface area (Å²) in [5.74, 6) is 1.29. The van der Waals surface area contributed by atoms with E-state index < -0.39 is 0 Å². The Morgan fingerprint density at radius 2 is 1.81 bits per heavy atom. The van der Waals surface area contributed by atoms with Crippen LogP contribution in [0.4, 0.5) is 11.9 Å². The molecule has 1 aromatic carbocycles. The minimum atomic E-state index is 0.630. The third kappa shape index (κ3) is 4.60. The van der Waals surface area contributed by atoms with Crippen LogP contribution in [0, 0.1) is 6.92 Å². The average Bonchev–Trinajstić information content (AvgIpc) is 2.47. The zero-order chi connectivity index (χ0) is 15.2. The molecule has 0 aliphatic carbocycles. The molecule has 2 aromatic rings. The van der Waals surface area contributed by atoms with Crippen LogP contribution < -0.4 is 10.2 Å². The molecule has 112 valence electrons. The molecule has 0 bridgehead atoms. The Balaban J connectivity index is 2.24. The largest absolute Gasteiger partial charge is 0.354 e. The minimum Gasteiger partial charge on any atom is -0.354 e. The quantitative estimate of drug-likeness (QED) is 0.884. The number of nitrogens with zero attached hydrogens (tertiary/aromatic N) is 4. The molecule has 2 rings (SSSR count). The van der Waals surface area contributed by atoms with Crippen molar-refractivity contribution in [3.05, 3.63) is 29.8 Å². The fraction of sp³-hybridized carbons (Fsp3) is 0.400. The van der Waals surface area contributed by atoms with E-state index in [4.69, 9.17) is 0 Å². The highest BCUT2D eigenvalue weighted by atomic mass is 32.2. The van der Waals surface area contributed by atoms with E-state index >= 15 is 0 Å². The van der Waals surface area contributed by atoms with Gasteiger partial charge in [-0.15, -0.1) is 0 Å². The van der Waals surface area contributed by atoms with Crippen LogP contribution in [0.5, 0.6) is 0 Å². The Hall–Kier alpha value is -1.82. The summed E-state index contributed by atoms with van der Waals surface area (Å²) in [4.78, 5) is 16.4. The number of rotatable bonds is 6. The van der Waals surface area contributed by atoms with Crippen molar-refractivity contribution in [3.8, 4) is 0 Å². The lowest BCUT2D eigenvalue weighted by atomic mass is 10.2. The van der Waals surface area contributed by atoms with Crippen molar-refractivity contribution in [3.63, 3.8) is 0 Å². The van der Waals surface area contributed by atoms with E-state index in [1.54, 1.807) is 11.8 Å². The second-order valence-electron chi connectivity index (χ2n) is 4.98. The summed E-state index contributed by atoms with van der Waals surface area (Å²) in [5.41, 5.74) is 1.24. The lowest BCUT2D eigenvalue weighted by Gasteiger charge is -2.13. The predicted molar refractivity (Wildman–Crippen MR) is 88.2 cm³/mol. The van der Waals surface area contributed by atoms with Gasteiger partial charge in [-0.25, -0.2) is 0 Å². The molecule has 1 aromatic heterocycles. The van der Waals surface area contributed by atoms with E-state index in [0.29, 0.717) is 17.1 Å². The number of benzene rings is 1. The van der Waals surface area contributed by atoms with Crippen molar-refractivity contribution < 1.29 is 0 Å². The first kappa shape index (κ1) is 15.6. The van der Waals surface area contributed by atoms with E-state index in [1.807, 2.05) is 19.0 Å². The van der Waals surface area contributed by atoms with Crippen LogP contribution in [0.1, 0.15) is 18.9 Å². The minimum absolute atomic E-state index is 0.630. The number of anilines is 2. The fourth-order valence-corrected chi connectivity index (χ4v) is 2.36. The van der Waals surface area contributed by atoms with Gasteiger partial charge in [0.1, 0.15) is 0 Å². The molecule has 21 heavy (non-hydrogen) atoms. The maximum Gasteiger partial charge on any atom is 0.230 e. The van der Waals surface area contributed by atoms with Crippen molar-refractivity contribution in [1.29, 1.82) is 0 Å².